The molecule has 2 aromatic carbocycles. The Hall–Kier alpha value is -3.15. The van der Waals surface area contributed by atoms with Gasteiger partial charge in [-0.3, -0.25) is 14.4 Å². The third-order valence-electron chi connectivity index (χ3n) is 4.05. The molecule has 142 valence electrons. The smallest absolute Gasteiger partial charge is 0.255 e. The van der Waals surface area contributed by atoms with Gasteiger partial charge in [-0.15, -0.1) is 0 Å². The van der Waals surface area contributed by atoms with Gasteiger partial charge in [0, 0.05) is 43.0 Å². The first kappa shape index (κ1) is 20.2. The normalized spacial score (nSPS) is 10.2. The minimum Gasteiger partial charge on any atom is -0.342 e. The van der Waals surface area contributed by atoms with E-state index in [9.17, 15) is 14.4 Å². The van der Waals surface area contributed by atoms with E-state index >= 15 is 0 Å². The number of hydrogen-bond acceptors (Lipinski definition) is 3. The van der Waals surface area contributed by atoms with Crippen LogP contribution in [0.15, 0.2) is 48.5 Å². The molecule has 0 radical (unpaired) electrons. The fourth-order valence-corrected chi connectivity index (χ4v) is 2.52. The van der Waals surface area contributed by atoms with Crippen molar-refractivity contribution in [1.29, 1.82) is 0 Å². The average Bonchev–Trinajstić information content (AvgIpc) is 2.66. The van der Waals surface area contributed by atoms with Crippen molar-refractivity contribution in [2.45, 2.75) is 26.7 Å². The second-order valence-corrected chi connectivity index (χ2v) is 6.37. The summed E-state index contributed by atoms with van der Waals surface area (Å²) in [7, 11) is 1.78. The standard InChI is InChI=1S/C21H25N3O3/c1-4-5-14-24(3)21(27)17-8-6-16(7-9-17)20(26)23-19-12-10-18(11-13-19)22-15(2)25/h6-13H,4-5,14H2,1-3H3,(H,22,25)(H,23,26). The third-order valence-corrected chi connectivity index (χ3v) is 4.05. The Bertz CT molecular complexity index is 798. The molecule has 27 heavy (non-hydrogen) atoms. The molecule has 2 N–H and O–H groups in total. The van der Waals surface area contributed by atoms with E-state index in [4.69, 9.17) is 0 Å². The fourth-order valence-electron chi connectivity index (χ4n) is 2.52. The van der Waals surface area contributed by atoms with Gasteiger partial charge in [0.15, 0.2) is 0 Å². The van der Waals surface area contributed by atoms with Crippen molar-refractivity contribution < 1.29 is 14.4 Å². The number of unbranched alkanes of at least 4 members (excludes halogenated alkanes) is 1. The van der Waals surface area contributed by atoms with Gasteiger partial charge in [-0.25, -0.2) is 0 Å². The Labute approximate surface area is 159 Å². The highest BCUT2D eigenvalue weighted by Crippen LogP contribution is 2.15. The lowest BCUT2D eigenvalue weighted by Crippen LogP contribution is -2.27. The molecule has 0 heterocycles. The highest BCUT2D eigenvalue weighted by Gasteiger charge is 2.12. The van der Waals surface area contributed by atoms with Gasteiger partial charge in [0.25, 0.3) is 11.8 Å². The molecule has 2 aromatic rings. The molecule has 0 saturated heterocycles. The quantitative estimate of drug-likeness (QED) is 0.782. The van der Waals surface area contributed by atoms with Crippen LogP contribution in [0.1, 0.15) is 47.4 Å². The van der Waals surface area contributed by atoms with E-state index in [1.54, 1.807) is 60.5 Å². The minimum absolute atomic E-state index is 0.0519. The fraction of sp³-hybridized carbons (Fsp3) is 0.286. The van der Waals surface area contributed by atoms with Gasteiger partial charge in [-0.2, -0.15) is 0 Å². The van der Waals surface area contributed by atoms with Crippen LogP contribution < -0.4 is 10.6 Å². The molecule has 0 bridgehead atoms. The zero-order chi connectivity index (χ0) is 19.8. The van der Waals surface area contributed by atoms with Gasteiger partial charge in [0.2, 0.25) is 5.91 Å². The predicted octanol–water partition coefficient (Wildman–Crippen LogP) is 3.77. The van der Waals surface area contributed by atoms with Crippen molar-refractivity contribution >= 4 is 29.1 Å². The summed E-state index contributed by atoms with van der Waals surface area (Å²) < 4.78 is 0. The number of rotatable bonds is 7. The summed E-state index contributed by atoms with van der Waals surface area (Å²) in [6.45, 7) is 4.23. The lowest BCUT2D eigenvalue weighted by molar-refractivity contribution is -0.114. The minimum atomic E-state index is -0.263. The maximum atomic E-state index is 12.4. The van der Waals surface area contributed by atoms with Crippen LogP contribution in [0, 0.1) is 0 Å². The molecule has 0 aromatic heterocycles. The Morgan fingerprint density at radius 3 is 1.89 bits per heavy atom. The molecule has 0 fully saturated rings. The number of benzene rings is 2. The largest absolute Gasteiger partial charge is 0.342 e. The van der Waals surface area contributed by atoms with Gasteiger partial charge in [-0.1, -0.05) is 13.3 Å². The lowest BCUT2D eigenvalue weighted by atomic mass is 10.1. The second-order valence-electron chi connectivity index (χ2n) is 6.37. The van der Waals surface area contributed by atoms with Crippen molar-refractivity contribution in [2.75, 3.05) is 24.2 Å². The molecule has 6 heteroatoms. The molecule has 6 nitrogen and oxygen atoms in total. The number of nitrogens with one attached hydrogen (secondary N) is 2. The average molecular weight is 367 g/mol. The molecule has 2 rings (SSSR count). The second kappa shape index (κ2) is 9.52. The Morgan fingerprint density at radius 1 is 0.852 bits per heavy atom. The molecule has 0 saturated carbocycles. The number of amides is 3. The number of carbonyl (C=O) groups excluding carboxylic acids is 3. The topological polar surface area (TPSA) is 78.5 Å². The van der Waals surface area contributed by atoms with Gasteiger partial charge < -0.3 is 15.5 Å². The number of anilines is 2. The first-order chi connectivity index (χ1) is 12.9. The van der Waals surface area contributed by atoms with E-state index in [2.05, 4.69) is 17.6 Å². The molecule has 0 aliphatic heterocycles. The van der Waals surface area contributed by atoms with Crippen molar-refractivity contribution in [1.82, 2.24) is 4.90 Å². The van der Waals surface area contributed by atoms with Gasteiger partial charge in [0.1, 0.15) is 0 Å². The van der Waals surface area contributed by atoms with E-state index in [1.165, 1.54) is 6.92 Å². The van der Waals surface area contributed by atoms with Crippen LogP contribution >= 0.6 is 0 Å². The van der Waals surface area contributed by atoms with E-state index in [-0.39, 0.29) is 17.7 Å². The van der Waals surface area contributed by atoms with Gasteiger partial charge >= 0.3 is 0 Å². The number of nitrogens with zero attached hydrogens (tertiary/aromatic N) is 1. The number of carbonyl (C=O) groups is 3. The van der Waals surface area contributed by atoms with Gasteiger partial charge in [0.05, 0.1) is 0 Å². The molecule has 0 spiro atoms. The molecular formula is C21H25N3O3. The van der Waals surface area contributed by atoms with E-state index in [1.807, 2.05) is 0 Å². The SMILES string of the molecule is CCCCN(C)C(=O)c1ccc(C(=O)Nc2ccc(NC(C)=O)cc2)cc1. The molecule has 0 aliphatic carbocycles. The molecule has 3 amide bonds. The van der Waals surface area contributed by atoms with E-state index in [0.29, 0.717) is 29.0 Å². The highest BCUT2D eigenvalue weighted by molar-refractivity contribution is 6.05. The summed E-state index contributed by atoms with van der Waals surface area (Å²) in [5, 5.41) is 5.46. The third kappa shape index (κ3) is 5.95. The predicted molar refractivity (Wildman–Crippen MR) is 107 cm³/mol. The Balaban J connectivity index is 1.99. The van der Waals surface area contributed by atoms with Crippen LogP contribution in [0.25, 0.3) is 0 Å². The summed E-state index contributed by atoms with van der Waals surface area (Å²) in [6, 6.07) is 13.5. The Morgan fingerprint density at radius 2 is 1.37 bits per heavy atom. The maximum absolute atomic E-state index is 12.4. The zero-order valence-electron chi connectivity index (χ0n) is 15.9. The van der Waals surface area contributed by atoms with Crippen LogP contribution in [0.4, 0.5) is 11.4 Å². The summed E-state index contributed by atoms with van der Waals surface area (Å²) in [6.07, 6.45) is 1.99. The van der Waals surface area contributed by atoms with E-state index < -0.39 is 0 Å². The van der Waals surface area contributed by atoms with Crippen molar-refractivity contribution in [3.8, 4) is 0 Å². The van der Waals surface area contributed by atoms with Crippen LogP contribution in [0.5, 0.6) is 0 Å². The molecule has 0 unspecified atom stereocenters. The van der Waals surface area contributed by atoms with Crippen LogP contribution in [0.3, 0.4) is 0 Å². The first-order valence-electron chi connectivity index (χ1n) is 8.95. The summed E-state index contributed by atoms with van der Waals surface area (Å²) in [4.78, 5) is 37.4. The molecular weight excluding hydrogens is 342 g/mol. The van der Waals surface area contributed by atoms with Crippen LogP contribution in [-0.2, 0) is 4.79 Å². The Kier molecular flexibility index (Phi) is 7.11. The molecule has 0 aliphatic rings. The van der Waals surface area contributed by atoms with Gasteiger partial charge in [-0.05, 0) is 55.0 Å². The zero-order valence-corrected chi connectivity index (χ0v) is 15.9. The van der Waals surface area contributed by atoms with Crippen molar-refractivity contribution in [2.24, 2.45) is 0 Å². The lowest BCUT2D eigenvalue weighted by Gasteiger charge is -2.16. The maximum Gasteiger partial charge on any atom is 0.255 e. The monoisotopic (exact) mass is 367 g/mol. The highest BCUT2D eigenvalue weighted by atomic mass is 16.2. The first-order valence-corrected chi connectivity index (χ1v) is 8.95. The number of hydrogen-bond donors (Lipinski definition) is 2. The van der Waals surface area contributed by atoms with E-state index in [0.717, 1.165) is 12.8 Å². The van der Waals surface area contributed by atoms with Crippen molar-refractivity contribution in [3.05, 3.63) is 59.7 Å². The van der Waals surface area contributed by atoms with Crippen molar-refractivity contribution in [3.63, 3.8) is 0 Å². The summed E-state index contributed by atoms with van der Waals surface area (Å²) in [5.74, 6) is -0.466. The van der Waals surface area contributed by atoms with Crippen LogP contribution in [-0.4, -0.2) is 36.2 Å². The summed E-state index contributed by atoms with van der Waals surface area (Å²) in [5.41, 5.74) is 2.31. The summed E-state index contributed by atoms with van der Waals surface area (Å²) >= 11 is 0. The molecule has 0 atom stereocenters. The van der Waals surface area contributed by atoms with Crippen LogP contribution in [0.2, 0.25) is 0 Å².